The van der Waals surface area contributed by atoms with E-state index in [4.69, 9.17) is 0 Å². The Kier molecular flexibility index (Phi) is 13.7. The quantitative estimate of drug-likeness (QED) is 0.0530. The normalized spacial score (nSPS) is 11.6. The number of phenolic OH excluding ortho intramolecular Hbond substituents is 1. The van der Waals surface area contributed by atoms with Gasteiger partial charge in [-0.3, -0.25) is 0 Å². The van der Waals surface area contributed by atoms with Crippen molar-refractivity contribution in [1.29, 1.82) is 0 Å². The topological polar surface area (TPSA) is 24.1 Å². The number of halogens is 20. The number of para-hydroxylation sites is 1. The smallest absolute Gasteiger partial charge is 0.212 e. The minimum Gasteiger partial charge on any atom is -0.508 e. The molecule has 0 aliphatic heterocycles. The van der Waals surface area contributed by atoms with Crippen LogP contribution in [0.1, 0.15) is 16.8 Å². The van der Waals surface area contributed by atoms with Crippen molar-refractivity contribution in [2.24, 2.45) is 0 Å². The maximum Gasteiger partial charge on any atom is 0.212 e. The average Bonchev–Trinajstić information content (AvgIpc) is 3.35. The summed E-state index contributed by atoms with van der Waals surface area (Å²) >= 11 is 0. The number of pyridine rings is 1. The van der Waals surface area contributed by atoms with Crippen LogP contribution in [-0.2, 0) is 13.0 Å². The molecule has 70 heavy (non-hydrogen) atoms. The highest BCUT2D eigenvalue weighted by molar-refractivity contribution is 7.20. The lowest BCUT2D eigenvalue weighted by atomic mass is 9.12. The van der Waals surface area contributed by atoms with Gasteiger partial charge in [0.15, 0.2) is 82.0 Å². The molecule has 0 spiro atoms. The monoisotopic (exact) mass is 1010 g/mol. The van der Waals surface area contributed by atoms with Crippen LogP contribution >= 0.6 is 0 Å². The van der Waals surface area contributed by atoms with E-state index in [0.717, 1.165) is 13.0 Å². The number of nitrogens with zero attached hydrogens (tertiary/aromatic N) is 1. The van der Waals surface area contributed by atoms with Crippen molar-refractivity contribution in [3.05, 3.63) is 224 Å². The van der Waals surface area contributed by atoms with Crippen LogP contribution in [0, 0.1) is 116 Å². The zero-order valence-electron chi connectivity index (χ0n) is 34.1. The van der Waals surface area contributed by atoms with E-state index in [0.29, 0.717) is 5.75 Å². The molecule has 0 saturated heterocycles. The molecule has 2 nitrogen and oxygen atoms in total. The predicted molar refractivity (Wildman–Crippen MR) is 210 cm³/mol. The minimum atomic E-state index is -7.22. The Morgan fingerprint density at radius 1 is 0.314 bits per heavy atom. The second kappa shape index (κ2) is 19.1. The number of phenols is 1. The van der Waals surface area contributed by atoms with Gasteiger partial charge in [-0.15, -0.1) is 21.9 Å². The lowest BCUT2D eigenvalue weighted by molar-refractivity contribution is -0.669. The molecule has 8 rings (SSSR count). The summed E-state index contributed by atoms with van der Waals surface area (Å²) in [5, 5.41) is 10.8. The maximum atomic E-state index is 15.4. The molecule has 23 heteroatoms. The zero-order chi connectivity index (χ0) is 51.4. The van der Waals surface area contributed by atoms with E-state index in [9.17, 15) is 57.8 Å². The van der Waals surface area contributed by atoms with E-state index < -0.39 is 144 Å². The fourth-order valence-electron chi connectivity index (χ4n) is 8.11. The summed E-state index contributed by atoms with van der Waals surface area (Å²) in [4.78, 5) is 0. The Balaban J connectivity index is 0.000000242. The largest absolute Gasteiger partial charge is 0.508 e. The Bertz CT molecular complexity index is 3010. The Labute approximate surface area is 378 Å². The van der Waals surface area contributed by atoms with Crippen molar-refractivity contribution in [3.8, 4) is 5.75 Å². The second-order valence-corrected chi connectivity index (χ2v) is 15.1. The van der Waals surface area contributed by atoms with Gasteiger partial charge in [-0.05, 0) is 29.8 Å². The van der Waals surface area contributed by atoms with Crippen molar-refractivity contribution in [2.45, 2.75) is 13.0 Å². The van der Waals surface area contributed by atoms with Crippen LogP contribution in [-0.4, -0.2) is 11.3 Å². The van der Waals surface area contributed by atoms with Crippen LogP contribution in [0.4, 0.5) is 87.8 Å². The minimum absolute atomic E-state index is 0.305. The van der Waals surface area contributed by atoms with E-state index in [2.05, 4.69) is 71.3 Å². The third-order valence-electron chi connectivity index (χ3n) is 11.2. The molecular weight excluding hydrogens is 985 g/mol. The Morgan fingerprint density at radius 2 is 0.629 bits per heavy atom. The molecule has 0 aliphatic carbocycles. The molecule has 1 N–H and O–H groups in total. The summed E-state index contributed by atoms with van der Waals surface area (Å²) in [5.41, 5.74) is -9.36. The lowest BCUT2D eigenvalue weighted by Gasteiger charge is -2.44. The van der Waals surface area contributed by atoms with Gasteiger partial charge in [-0.1, -0.05) is 54.6 Å². The van der Waals surface area contributed by atoms with E-state index >= 15 is 35.1 Å². The van der Waals surface area contributed by atoms with Gasteiger partial charge in [-0.2, -0.15) is 4.57 Å². The van der Waals surface area contributed by atoms with Crippen molar-refractivity contribution < 1.29 is 97.5 Å². The first-order valence-corrected chi connectivity index (χ1v) is 19.5. The van der Waals surface area contributed by atoms with Gasteiger partial charge in [0.1, 0.15) is 58.4 Å². The molecule has 7 aromatic carbocycles. The van der Waals surface area contributed by atoms with Gasteiger partial charge < -0.3 is 5.11 Å². The molecule has 8 aromatic rings. The van der Waals surface area contributed by atoms with Crippen LogP contribution < -0.4 is 26.4 Å². The molecule has 0 radical (unpaired) electrons. The number of benzene rings is 7. The van der Waals surface area contributed by atoms with Crippen molar-refractivity contribution >= 4 is 38.9 Å². The maximum absolute atomic E-state index is 15.4. The van der Waals surface area contributed by atoms with E-state index in [-0.39, 0.29) is 0 Å². The van der Waals surface area contributed by atoms with Crippen molar-refractivity contribution in [2.75, 3.05) is 0 Å². The number of rotatable bonds is 8. The highest BCUT2D eigenvalue weighted by atomic mass is 19.2. The van der Waals surface area contributed by atoms with Crippen LogP contribution in [0.2, 0.25) is 0 Å². The molecule has 1 aromatic heterocycles. The molecule has 1 heterocycles. The first-order chi connectivity index (χ1) is 33.0. The molecule has 0 bridgehead atoms. The van der Waals surface area contributed by atoms with Gasteiger partial charge in [0.25, 0.3) is 0 Å². The second-order valence-electron chi connectivity index (χ2n) is 15.1. The van der Waals surface area contributed by atoms with Gasteiger partial charge >= 0.3 is 0 Å². The fourth-order valence-corrected chi connectivity index (χ4v) is 8.11. The molecule has 0 aliphatic rings. The fraction of sp³-hybridized carbons (Fsp3) is 0.0426. The summed E-state index contributed by atoms with van der Waals surface area (Å²) in [5.74, 6) is -71.1. The third-order valence-corrected chi connectivity index (χ3v) is 11.2. The Hall–Kier alpha value is -7.59. The molecule has 0 saturated carbocycles. The summed E-state index contributed by atoms with van der Waals surface area (Å²) in [6.45, 7) is 0.843. The van der Waals surface area contributed by atoms with Gasteiger partial charge in [-0.25, -0.2) is 87.8 Å². The average molecular weight is 1010 g/mol. The zero-order valence-corrected chi connectivity index (χ0v) is 34.1. The number of hydrogen-bond donors (Lipinski definition) is 1. The summed E-state index contributed by atoms with van der Waals surface area (Å²) in [7, 11) is 0. The molecule has 0 fully saturated rings. The van der Waals surface area contributed by atoms with Crippen LogP contribution in [0.25, 0.3) is 10.9 Å². The van der Waals surface area contributed by atoms with Crippen LogP contribution in [0.5, 0.6) is 5.75 Å². The highest BCUT2D eigenvalue weighted by Crippen LogP contribution is 2.31. The first kappa shape index (κ1) is 50.3. The predicted octanol–water partition coefficient (Wildman–Crippen LogP) is 10.3. The first-order valence-electron chi connectivity index (χ1n) is 19.5. The van der Waals surface area contributed by atoms with Crippen LogP contribution in [0.3, 0.4) is 0 Å². The number of fused-ring (bicyclic) bond motifs is 1. The number of aromatic hydroxyl groups is 1. The van der Waals surface area contributed by atoms with Gasteiger partial charge in [0.05, 0.1) is 6.42 Å². The van der Waals surface area contributed by atoms with Gasteiger partial charge in [0, 0.05) is 23.1 Å². The van der Waals surface area contributed by atoms with Crippen LogP contribution in [0.15, 0.2) is 91.0 Å². The van der Waals surface area contributed by atoms with E-state index in [1.807, 2.05) is 12.1 Å². The lowest BCUT2D eigenvalue weighted by Crippen LogP contribution is -2.81. The molecule has 0 atom stereocenters. The molecule has 362 valence electrons. The van der Waals surface area contributed by atoms with E-state index in [1.54, 1.807) is 12.1 Å². The van der Waals surface area contributed by atoms with Crippen molar-refractivity contribution in [3.63, 3.8) is 0 Å². The Morgan fingerprint density at radius 3 is 0.986 bits per heavy atom. The molecular formula is C47H20BF20NO. The van der Waals surface area contributed by atoms with E-state index in [1.165, 1.54) is 27.7 Å². The van der Waals surface area contributed by atoms with Crippen molar-refractivity contribution in [1.82, 2.24) is 0 Å². The summed E-state index contributed by atoms with van der Waals surface area (Å²) in [6.07, 6.45) is -6.39. The molecule has 0 unspecified atom stereocenters. The number of aromatic nitrogens is 1. The summed E-state index contributed by atoms with van der Waals surface area (Å²) in [6, 6.07) is 30.9. The standard InChI is InChI=1S/C24BF20.C23H19NO/c26-5-1(6(27)14(35)21(42)13(5)34)25(2-7(28)15(36)22(43)16(37)8(2)29,3-9(30)17(38)23(44)18(39)10(3)31)4-11(32)19(40)24(45)20(41)12(4)33;25-22-14-10-18(11-15-22)16-21-13-12-20-8-4-5-9-23(20)24(21)17-19-6-2-1-3-7-19/h;1-15H,16-17H2/q-1;/p+1. The van der Waals surface area contributed by atoms with Gasteiger partial charge in [0.2, 0.25) is 5.52 Å². The third kappa shape index (κ3) is 8.09. The number of hydrogen-bond acceptors (Lipinski definition) is 1. The summed E-state index contributed by atoms with van der Waals surface area (Å²) < 4.78 is 296. The highest BCUT2D eigenvalue weighted by Gasteiger charge is 2.52. The molecule has 0 amide bonds. The SMILES string of the molecule is Fc1c(F)c(F)c([B-](c2c(F)c(F)c(F)c(F)c2F)(c2c(F)c(F)c(F)c(F)c2F)c2c(F)c(F)c(F)c(F)c2F)c(F)c1F.Oc1ccc(Cc2ccc3ccccc3[n+]2Cc2ccccc2)cc1.